The first-order chi connectivity index (χ1) is 12.7. The van der Waals surface area contributed by atoms with Crippen LogP contribution in [0.15, 0.2) is 54.7 Å². The summed E-state index contributed by atoms with van der Waals surface area (Å²) >= 11 is 0. The molecule has 2 heterocycles. The first-order valence-corrected chi connectivity index (χ1v) is 9.64. The number of rotatable bonds is 5. The molecule has 1 fully saturated rings. The second-order valence-corrected chi connectivity index (χ2v) is 7.48. The lowest BCUT2D eigenvalue weighted by Gasteiger charge is -2.31. The monoisotopic (exact) mass is 348 g/mol. The zero-order valence-electron chi connectivity index (χ0n) is 15.8. The Labute approximate surface area is 156 Å². The van der Waals surface area contributed by atoms with E-state index in [1.54, 1.807) is 0 Å². The average Bonchev–Trinajstić information content (AvgIpc) is 3.09. The molecule has 0 bridgehead atoms. The summed E-state index contributed by atoms with van der Waals surface area (Å²) in [6.45, 7) is 6.05. The maximum absolute atomic E-state index is 5.49. The van der Waals surface area contributed by atoms with Crippen LogP contribution in [0.3, 0.4) is 0 Å². The number of aromatic nitrogens is 1. The van der Waals surface area contributed by atoms with E-state index in [-0.39, 0.29) is 0 Å². The molecule has 2 aromatic carbocycles. The predicted octanol–water partition coefficient (Wildman–Crippen LogP) is 4.73. The van der Waals surface area contributed by atoms with Crippen molar-refractivity contribution in [3.63, 3.8) is 0 Å². The standard InChI is InChI=1S/C23H28N2O/c1-18-4-3-5-20(16-18)21-7-6-19-8-11-25(23(19)17-21)13-12-24(2)22-9-14-26-15-10-22/h3-8,11,16-17,22H,9-10,12-15H2,1-2H3. The number of hydrogen-bond acceptors (Lipinski definition) is 2. The highest BCUT2D eigenvalue weighted by Crippen LogP contribution is 2.26. The van der Waals surface area contributed by atoms with E-state index in [0.29, 0.717) is 6.04 Å². The Morgan fingerprint density at radius 1 is 1.04 bits per heavy atom. The molecule has 1 aliphatic rings. The third kappa shape index (κ3) is 3.69. The molecule has 0 atom stereocenters. The number of fused-ring (bicyclic) bond motifs is 1. The average molecular weight is 348 g/mol. The highest BCUT2D eigenvalue weighted by atomic mass is 16.5. The maximum atomic E-state index is 5.49. The Morgan fingerprint density at radius 3 is 2.65 bits per heavy atom. The number of hydrogen-bond donors (Lipinski definition) is 0. The van der Waals surface area contributed by atoms with E-state index in [4.69, 9.17) is 4.74 Å². The fourth-order valence-corrected chi connectivity index (χ4v) is 3.96. The Hall–Kier alpha value is -2.10. The topological polar surface area (TPSA) is 17.4 Å². The largest absolute Gasteiger partial charge is 0.381 e. The minimum Gasteiger partial charge on any atom is -0.381 e. The summed E-state index contributed by atoms with van der Waals surface area (Å²) in [6, 6.07) is 18.4. The summed E-state index contributed by atoms with van der Waals surface area (Å²) in [6.07, 6.45) is 4.53. The van der Waals surface area contributed by atoms with E-state index in [2.05, 4.69) is 78.2 Å². The molecule has 0 saturated carbocycles. The molecule has 0 unspecified atom stereocenters. The molecule has 4 rings (SSSR count). The Kier molecular flexibility index (Phi) is 5.09. The molecule has 0 N–H and O–H groups in total. The van der Waals surface area contributed by atoms with Crippen LogP contribution in [0.1, 0.15) is 18.4 Å². The maximum Gasteiger partial charge on any atom is 0.0486 e. The van der Waals surface area contributed by atoms with Gasteiger partial charge in [0.05, 0.1) is 0 Å². The van der Waals surface area contributed by atoms with Crippen LogP contribution in [0.4, 0.5) is 0 Å². The summed E-state index contributed by atoms with van der Waals surface area (Å²) in [5, 5.41) is 1.31. The lowest BCUT2D eigenvalue weighted by atomic mass is 10.0. The number of likely N-dealkylation sites (N-methyl/N-ethyl adjacent to an activating group) is 1. The lowest BCUT2D eigenvalue weighted by molar-refractivity contribution is 0.0422. The van der Waals surface area contributed by atoms with Crippen molar-refractivity contribution in [3.05, 3.63) is 60.3 Å². The molecule has 1 aliphatic heterocycles. The second-order valence-electron chi connectivity index (χ2n) is 7.48. The van der Waals surface area contributed by atoms with Crippen molar-refractivity contribution >= 4 is 10.9 Å². The van der Waals surface area contributed by atoms with Crippen molar-refractivity contribution in [1.29, 1.82) is 0 Å². The van der Waals surface area contributed by atoms with Crippen LogP contribution in [-0.4, -0.2) is 42.3 Å². The van der Waals surface area contributed by atoms with E-state index < -0.39 is 0 Å². The second kappa shape index (κ2) is 7.65. The van der Waals surface area contributed by atoms with Crippen molar-refractivity contribution in [3.8, 4) is 11.1 Å². The molecule has 26 heavy (non-hydrogen) atoms. The fourth-order valence-electron chi connectivity index (χ4n) is 3.96. The summed E-state index contributed by atoms with van der Waals surface area (Å²) in [5.41, 5.74) is 5.21. The summed E-state index contributed by atoms with van der Waals surface area (Å²) < 4.78 is 7.88. The van der Waals surface area contributed by atoms with Gasteiger partial charge in [0.25, 0.3) is 0 Å². The summed E-state index contributed by atoms with van der Waals surface area (Å²) in [5.74, 6) is 0. The van der Waals surface area contributed by atoms with Gasteiger partial charge in [-0.05, 0) is 55.5 Å². The van der Waals surface area contributed by atoms with E-state index in [1.165, 1.54) is 27.6 Å². The number of ether oxygens (including phenoxy) is 1. The quantitative estimate of drug-likeness (QED) is 0.663. The van der Waals surface area contributed by atoms with E-state index >= 15 is 0 Å². The molecular formula is C23H28N2O. The van der Waals surface area contributed by atoms with Crippen LogP contribution in [-0.2, 0) is 11.3 Å². The number of aryl methyl sites for hydroxylation is 1. The molecule has 0 amide bonds. The number of nitrogens with zero attached hydrogens (tertiary/aromatic N) is 2. The van der Waals surface area contributed by atoms with Crippen LogP contribution >= 0.6 is 0 Å². The SMILES string of the molecule is Cc1cccc(-c2ccc3ccn(CCN(C)C4CCOCC4)c3c2)c1. The molecule has 3 heteroatoms. The lowest BCUT2D eigenvalue weighted by Crippen LogP contribution is -2.38. The molecule has 0 spiro atoms. The summed E-state index contributed by atoms with van der Waals surface area (Å²) in [4.78, 5) is 2.50. The zero-order chi connectivity index (χ0) is 17.9. The van der Waals surface area contributed by atoms with Crippen LogP contribution in [0.5, 0.6) is 0 Å². The van der Waals surface area contributed by atoms with Crippen LogP contribution in [0, 0.1) is 6.92 Å². The van der Waals surface area contributed by atoms with Gasteiger partial charge in [0.1, 0.15) is 0 Å². The predicted molar refractivity (Wildman–Crippen MR) is 109 cm³/mol. The van der Waals surface area contributed by atoms with Gasteiger partial charge in [-0.3, -0.25) is 0 Å². The Bertz CT molecular complexity index is 877. The van der Waals surface area contributed by atoms with Crippen molar-refractivity contribution in [2.75, 3.05) is 26.8 Å². The van der Waals surface area contributed by atoms with Gasteiger partial charge in [-0.25, -0.2) is 0 Å². The molecule has 1 aromatic heterocycles. The van der Waals surface area contributed by atoms with Crippen molar-refractivity contribution in [2.24, 2.45) is 0 Å². The van der Waals surface area contributed by atoms with Crippen LogP contribution in [0.25, 0.3) is 22.0 Å². The third-order valence-electron chi connectivity index (χ3n) is 5.63. The van der Waals surface area contributed by atoms with Crippen LogP contribution in [0.2, 0.25) is 0 Å². The van der Waals surface area contributed by atoms with Crippen molar-refractivity contribution in [1.82, 2.24) is 9.47 Å². The minimum atomic E-state index is 0.661. The molecule has 0 aliphatic carbocycles. The van der Waals surface area contributed by atoms with Gasteiger partial charge in [0, 0.05) is 44.1 Å². The van der Waals surface area contributed by atoms with Gasteiger partial charge in [0.2, 0.25) is 0 Å². The van der Waals surface area contributed by atoms with Gasteiger partial charge in [-0.15, -0.1) is 0 Å². The Balaban J connectivity index is 1.53. The first kappa shape index (κ1) is 17.3. The highest BCUT2D eigenvalue weighted by molar-refractivity contribution is 5.85. The van der Waals surface area contributed by atoms with Gasteiger partial charge >= 0.3 is 0 Å². The Morgan fingerprint density at radius 2 is 1.85 bits per heavy atom. The molecule has 0 radical (unpaired) electrons. The first-order valence-electron chi connectivity index (χ1n) is 9.64. The normalized spacial score (nSPS) is 15.8. The van der Waals surface area contributed by atoms with Crippen molar-refractivity contribution in [2.45, 2.75) is 32.4 Å². The van der Waals surface area contributed by atoms with Gasteiger partial charge in [-0.2, -0.15) is 0 Å². The highest BCUT2D eigenvalue weighted by Gasteiger charge is 2.18. The smallest absolute Gasteiger partial charge is 0.0486 e. The number of benzene rings is 2. The van der Waals surface area contributed by atoms with Gasteiger partial charge in [0.15, 0.2) is 0 Å². The molecule has 1 saturated heterocycles. The van der Waals surface area contributed by atoms with E-state index in [0.717, 1.165) is 39.1 Å². The zero-order valence-corrected chi connectivity index (χ0v) is 15.8. The molecule has 3 nitrogen and oxygen atoms in total. The third-order valence-corrected chi connectivity index (χ3v) is 5.63. The van der Waals surface area contributed by atoms with Crippen molar-refractivity contribution < 1.29 is 4.74 Å². The van der Waals surface area contributed by atoms with E-state index in [1.807, 2.05) is 0 Å². The van der Waals surface area contributed by atoms with Crippen LogP contribution < -0.4 is 0 Å². The minimum absolute atomic E-state index is 0.661. The fraction of sp³-hybridized carbons (Fsp3) is 0.391. The molecular weight excluding hydrogens is 320 g/mol. The molecule has 3 aromatic rings. The molecule has 136 valence electrons. The summed E-state index contributed by atoms with van der Waals surface area (Å²) in [7, 11) is 2.25. The van der Waals surface area contributed by atoms with Gasteiger partial charge < -0.3 is 14.2 Å². The van der Waals surface area contributed by atoms with E-state index in [9.17, 15) is 0 Å². The van der Waals surface area contributed by atoms with Gasteiger partial charge in [-0.1, -0.05) is 42.0 Å².